The molecular formula is C8H16N2OS2. The van der Waals surface area contributed by atoms with E-state index in [-0.39, 0.29) is 0 Å². The first-order chi connectivity index (χ1) is 6.20. The predicted octanol–water partition coefficient (Wildman–Crippen LogP) is 0.465. The lowest BCUT2D eigenvalue weighted by Gasteiger charge is -2.28. The van der Waals surface area contributed by atoms with Gasteiger partial charge in [-0.3, -0.25) is 4.90 Å². The molecule has 0 N–H and O–H groups in total. The van der Waals surface area contributed by atoms with Gasteiger partial charge in [-0.2, -0.15) is 0 Å². The fraction of sp³-hybridized carbons (Fsp3) is 0.875. The van der Waals surface area contributed by atoms with Crippen molar-refractivity contribution in [2.45, 2.75) is 0 Å². The molecular weight excluding hydrogens is 204 g/mol. The zero-order valence-corrected chi connectivity index (χ0v) is 9.61. The number of hydrogen-bond acceptors (Lipinski definition) is 3. The molecule has 1 aliphatic rings. The second kappa shape index (κ2) is 5.80. The molecule has 0 bridgehead atoms. The molecule has 0 aromatic rings. The first kappa shape index (κ1) is 11.2. The van der Waals surface area contributed by atoms with Gasteiger partial charge in [-0.15, -0.1) is 12.6 Å². The predicted molar refractivity (Wildman–Crippen MR) is 61.5 cm³/mol. The molecule has 1 rings (SSSR count). The van der Waals surface area contributed by atoms with Crippen LogP contribution in [0, 0.1) is 0 Å². The number of ether oxygens (including phenoxy) is 1. The highest BCUT2D eigenvalue weighted by molar-refractivity contribution is 8.10. The van der Waals surface area contributed by atoms with E-state index >= 15 is 0 Å². The zero-order valence-electron chi connectivity index (χ0n) is 7.90. The summed E-state index contributed by atoms with van der Waals surface area (Å²) in [6, 6.07) is 0. The van der Waals surface area contributed by atoms with E-state index in [4.69, 9.17) is 17.0 Å². The maximum Gasteiger partial charge on any atom is 0.133 e. The Balaban J connectivity index is 2.13. The maximum atomic E-state index is 5.26. The van der Waals surface area contributed by atoms with E-state index in [0.717, 1.165) is 39.4 Å². The summed E-state index contributed by atoms with van der Waals surface area (Å²) in [5.41, 5.74) is 0. The highest BCUT2D eigenvalue weighted by Gasteiger charge is 2.10. The van der Waals surface area contributed by atoms with Crippen molar-refractivity contribution in [3.63, 3.8) is 0 Å². The van der Waals surface area contributed by atoms with E-state index in [0.29, 0.717) is 4.32 Å². The lowest BCUT2D eigenvalue weighted by molar-refractivity contribution is 0.0366. The summed E-state index contributed by atoms with van der Waals surface area (Å²) >= 11 is 9.04. The first-order valence-electron chi connectivity index (χ1n) is 4.44. The molecule has 0 atom stereocenters. The number of likely N-dealkylation sites (N-methyl/N-ethyl adjacent to an activating group) is 1. The smallest absolute Gasteiger partial charge is 0.133 e. The number of rotatable bonds is 3. The van der Waals surface area contributed by atoms with Gasteiger partial charge in [0, 0.05) is 33.2 Å². The Labute approximate surface area is 90.4 Å². The van der Waals surface area contributed by atoms with Crippen molar-refractivity contribution in [1.82, 2.24) is 9.80 Å². The highest BCUT2D eigenvalue weighted by Crippen LogP contribution is 1.98. The zero-order chi connectivity index (χ0) is 9.68. The maximum absolute atomic E-state index is 5.26. The fourth-order valence-corrected chi connectivity index (χ4v) is 1.40. The lowest BCUT2D eigenvalue weighted by Crippen LogP contribution is -2.41. The molecule has 76 valence electrons. The van der Waals surface area contributed by atoms with Crippen molar-refractivity contribution < 1.29 is 4.74 Å². The average molecular weight is 220 g/mol. The molecule has 1 aliphatic heterocycles. The van der Waals surface area contributed by atoms with Gasteiger partial charge in [0.05, 0.1) is 13.2 Å². The van der Waals surface area contributed by atoms with Gasteiger partial charge in [0.2, 0.25) is 0 Å². The standard InChI is InChI=1S/C8H16N2OS2/c1-9(8(12)13)2-3-10-4-6-11-7-5-10/h2-7H2,1H3,(H,12,13). The quantitative estimate of drug-likeness (QED) is 0.549. The molecule has 0 aromatic carbocycles. The van der Waals surface area contributed by atoms with Gasteiger partial charge >= 0.3 is 0 Å². The van der Waals surface area contributed by atoms with Crippen molar-refractivity contribution in [1.29, 1.82) is 0 Å². The van der Waals surface area contributed by atoms with Gasteiger partial charge in [-0.25, -0.2) is 0 Å². The topological polar surface area (TPSA) is 15.7 Å². The molecule has 3 nitrogen and oxygen atoms in total. The van der Waals surface area contributed by atoms with Gasteiger partial charge in [0.1, 0.15) is 4.32 Å². The van der Waals surface area contributed by atoms with Crippen LogP contribution >= 0.6 is 24.8 Å². The van der Waals surface area contributed by atoms with Crippen LogP contribution in [0.3, 0.4) is 0 Å². The van der Waals surface area contributed by atoms with Crippen LogP contribution in [-0.2, 0) is 4.74 Å². The fourth-order valence-electron chi connectivity index (χ4n) is 1.21. The van der Waals surface area contributed by atoms with Crippen LogP contribution in [0.15, 0.2) is 0 Å². The second-order valence-electron chi connectivity index (χ2n) is 3.16. The molecule has 13 heavy (non-hydrogen) atoms. The third-order valence-corrected chi connectivity index (χ3v) is 2.83. The van der Waals surface area contributed by atoms with Crippen LogP contribution in [0.5, 0.6) is 0 Å². The van der Waals surface area contributed by atoms with Crippen LogP contribution in [0.2, 0.25) is 0 Å². The van der Waals surface area contributed by atoms with Crippen molar-refractivity contribution in [2.75, 3.05) is 46.4 Å². The van der Waals surface area contributed by atoms with Gasteiger partial charge in [-0.1, -0.05) is 12.2 Å². The molecule has 1 fully saturated rings. The van der Waals surface area contributed by atoms with Gasteiger partial charge in [-0.05, 0) is 0 Å². The van der Waals surface area contributed by atoms with E-state index in [1.54, 1.807) is 0 Å². The van der Waals surface area contributed by atoms with Gasteiger partial charge < -0.3 is 9.64 Å². The number of hydrogen-bond donors (Lipinski definition) is 1. The normalized spacial score (nSPS) is 18.6. The monoisotopic (exact) mass is 220 g/mol. The third kappa shape index (κ3) is 4.26. The van der Waals surface area contributed by atoms with Crippen LogP contribution < -0.4 is 0 Å². The Kier molecular flexibility index (Phi) is 5.01. The minimum atomic E-state index is 0.660. The first-order valence-corrected chi connectivity index (χ1v) is 5.30. The van der Waals surface area contributed by atoms with E-state index < -0.39 is 0 Å². The Morgan fingerprint density at radius 2 is 2.15 bits per heavy atom. The molecule has 0 unspecified atom stereocenters. The molecule has 0 spiro atoms. The summed E-state index contributed by atoms with van der Waals surface area (Å²) in [5.74, 6) is 0. The number of nitrogens with zero attached hydrogens (tertiary/aromatic N) is 2. The minimum absolute atomic E-state index is 0.660. The van der Waals surface area contributed by atoms with Crippen LogP contribution in [0.25, 0.3) is 0 Å². The summed E-state index contributed by atoms with van der Waals surface area (Å²) in [6.07, 6.45) is 0. The molecule has 5 heteroatoms. The number of thiocarbonyl (C=S) groups is 1. The molecule has 0 amide bonds. The van der Waals surface area contributed by atoms with Crippen LogP contribution in [0.1, 0.15) is 0 Å². The summed E-state index contributed by atoms with van der Waals surface area (Å²) in [7, 11) is 1.97. The van der Waals surface area contributed by atoms with E-state index in [1.165, 1.54) is 0 Å². The Morgan fingerprint density at radius 1 is 1.54 bits per heavy atom. The SMILES string of the molecule is CN(CCN1CCOCC1)C(=S)S. The Hall–Kier alpha value is 0.160. The van der Waals surface area contributed by atoms with Crippen molar-refractivity contribution in [2.24, 2.45) is 0 Å². The molecule has 0 saturated carbocycles. The molecule has 0 radical (unpaired) electrons. The van der Waals surface area contributed by atoms with Crippen molar-refractivity contribution >= 4 is 29.2 Å². The third-order valence-electron chi connectivity index (χ3n) is 2.18. The largest absolute Gasteiger partial charge is 0.379 e. The molecule has 1 saturated heterocycles. The number of morpholine rings is 1. The lowest BCUT2D eigenvalue weighted by atomic mass is 10.4. The molecule has 1 heterocycles. The Bertz CT molecular complexity index is 172. The van der Waals surface area contributed by atoms with E-state index in [2.05, 4.69) is 17.5 Å². The molecule has 0 aromatic heterocycles. The van der Waals surface area contributed by atoms with Crippen LogP contribution in [0.4, 0.5) is 0 Å². The summed E-state index contributed by atoms with van der Waals surface area (Å²) in [5, 5.41) is 0. The van der Waals surface area contributed by atoms with Crippen molar-refractivity contribution in [3.8, 4) is 0 Å². The Morgan fingerprint density at radius 3 is 2.69 bits per heavy atom. The minimum Gasteiger partial charge on any atom is -0.379 e. The second-order valence-corrected chi connectivity index (χ2v) is 4.27. The average Bonchev–Trinajstić information content (AvgIpc) is 2.15. The highest BCUT2D eigenvalue weighted by atomic mass is 32.1. The van der Waals surface area contributed by atoms with Gasteiger partial charge in [0.15, 0.2) is 0 Å². The summed E-state index contributed by atoms with van der Waals surface area (Å²) < 4.78 is 5.92. The summed E-state index contributed by atoms with van der Waals surface area (Å²) in [4.78, 5) is 4.36. The van der Waals surface area contributed by atoms with Gasteiger partial charge in [0.25, 0.3) is 0 Å². The van der Waals surface area contributed by atoms with Crippen molar-refractivity contribution in [3.05, 3.63) is 0 Å². The van der Waals surface area contributed by atoms with E-state index in [1.807, 2.05) is 11.9 Å². The van der Waals surface area contributed by atoms with Crippen LogP contribution in [-0.4, -0.2) is 60.6 Å². The van der Waals surface area contributed by atoms with E-state index in [9.17, 15) is 0 Å². The number of thiol groups is 1. The molecule has 0 aliphatic carbocycles. The summed E-state index contributed by atoms with van der Waals surface area (Å²) in [6.45, 7) is 5.77.